The fourth-order valence-electron chi connectivity index (χ4n) is 1.89. The maximum absolute atomic E-state index is 12.3. The van der Waals surface area contributed by atoms with Gasteiger partial charge in [0.2, 0.25) is 0 Å². The van der Waals surface area contributed by atoms with Gasteiger partial charge in [0.15, 0.2) is 5.78 Å². The summed E-state index contributed by atoms with van der Waals surface area (Å²) in [6, 6.07) is 10.7. The molecule has 2 aromatic rings. The number of benzene rings is 2. The highest BCUT2D eigenvalue weighted by Crippen LogP contribution is 2.22. The van der Waals surface area contributed by atoms with Crippen molar-refractivity contribution < 1.29 is 4.79 Å². The summed E-state index contributed by atoms with van der Waals surface area (Å²) < 4.78 is 0. The molecule has 0 aliphatic carbocycles. The predicted octanol–water partition coefficient (Wildman–Crippen LogP) is 3.77. The number of halogens is 1. The number of carbonyl (C=O) groups is 1. The van der Waals surface area contributed by atoms with E-state index in [0.29, 0.717) is 21.8 Å². The van der Waals surface area contributed by atoms with Gasteiger partial charge in [0.05, 0.1) is 10.7 Å². The van der Waals surface area contributed by atoms with Crippen molar-refractivity contribution in [3.8, 4) is 0 Å². The molecule has 0 aliphatic heterocycles. The van der Waals surface area contributed by atoms with Gasteiger partial charge in [-0.15, -0.1) is 0 Å². The molecule has 92 valence electrons. The van der Waals surface area contributed by atoms with Crippen molar-refractivity contribution in [3.63, 3.8) is 0 Å². The molecule has 2 rings (SSSR count). The molecule has 2 N–H and O–H groups in total. The van der Waals surface area contributed by atoms with Crippen LogP contribution in [0.25, 0.3) is 0 Å². The summed E-state index contributed by atoms with van der Waals surface area (Å²) in [5.41, 5.74) is 9.47. The van der Waals surface area contributed by atoms with E-state index in [9.17, 15) is 4.79 Å². The van der Waals surface area contributed by atoms with Crippen LogP contribution in [0.15, 0.2) is 36.4 Å². The summed E-state index contributed by atoms with van der Waals surface area (Å²) in [6.45, 7) is 3.93. The number of hydrogen-bond donors (Lipinski definition) is 1. The van der Waals surface area contributed by atoms with E-state index in [1.54, 1.807) is 18.2 Å². The number of hydrogen-bond acceptors (Lipinski definition) is 2. The number of carbonyl (C=O) groups excluding carboxylic acids is 1. The van der Waals surface area contributed by atoms with Gasteiger partial charge < -0.3 is 5.73 Å². The Bertz CT molecular complexity index is 620. The first-order valence-electron chi connectivity index (χ1n) is 5.66. The molecule has 0 bridgehead atoms. The first-order valence-corrected chi connectivity index (χ1v) is 6.04. The van der Waals surface area contributed by atoms with Crippen LogP contribution in [0.1, 0.15) is 27.0 Å². The van der Waals surface area contributed by atoms with E-state index in [1.165, 1.54) is 0 Å². The Morgan fingerprint density at radius 3 is 2.44 bits per heavy atom. The van der Waals surface area contributed by atoms with Crippen molar-refractivity contribution in [2.24, 2.45) is 0 Å². The largest absolute Gasteiger partial charge is 0.398 e. The molecule has 0 radical (unpaired) electrons. The topological polar surface area (TPSA) is 43.1 Å². The molecule has 0 spiro atoms. The third kappa shape index (κ3) is 2.39. The molecule has 0 heterocycles. The number of rotatable bonds is 2. The van der Waals surface area contributed by atoms with Crippen molar-refractivity contribution in [1.29, 1.82) is 0 Å². The molecule has 3 heteroatoms. The second kappa shape index (κ2) is 4.83. The average Bonchev–Trinajstić information content (AvgIpc) is 2.32. The van der Waals surface area contributed by atoms with Crippen LogP contribution in [-0.2, 0) is 0 Å². The van der Waals surface area contributed by atoms with E-state index in [4.69, 9.17) is 17.3 Å². The Morgan fingerprint density at radius 2 is 1.83 bits per heavy atom. The lowest BCUT2D eigenvalue weighted by atomic mass is 9.97. The summed E-state index contributed by atoms with van der Waals surface area (Å²) in [5, 5.41) is 0.408. The van der Waals surface area contributed by atoms with Gasteiger partial charge in [0.25, 0.3) is 0 Å². The smallest absolute Gasteiger partial charge is 0.193 e. The number of nitrogen functional groups attached to an aromatic ring is 1. The van der Waals surface area contributed by atoms with E-state index in [1.807, 2.05) is 32.0 Å². The fraction of sp³-hybridized carbons (Fsp3) is 0.133. The molecular formula is C15H14ClNO. The SMILES string of the molecule is Cc1ccc(C(=O)c2ccc(N)c(Cl)c2)c(C)c1. The Balaban J connectivity index is 2.44. The van der Waals surface area contributed by atoms with E-state index in [2.05, 4.69) is 0 Å². The second-order valence-corrected chi connectivity index (χ2v) is 4.79. The summed E-state index contributed by atoms with van der Waals surface area (Å²) in [7, 11) is 0. The van der Waals surface area contributed by atoms with Gasteiger partial charge >= 0.3 is 0 Å². The molecule has 0 aliphatic rings. The minimum absolute atomic E-state index is 0.0330. The van der Waals surface area contributed by atoms with Crippen LogP contribution >= 0.6 is 11.6 Å². The van der Waals surface area contributed by atoms with Gasteiger partial charge in [-0.1, -0.05) is 35.4 Å². The highest BCUT2D eigenvalue weighted by atomic mass is 35.5. The molecule has 0 amide bonds. The molecule has 0 fully saturated rings. The number of anilines is 1. The Labute approximate surface area is 111 Å². The zero-order valence-electron chi connectivity index (χ0n) is 10.3. The fourth-order valence-corrected chi connectivity index (χ4v) is 2.07. The summed E-state index contributed by atoms with van der Waals surface area (Å²) >= 11 is 5.93. The molecule has 2 nitrogen and oxygen atoms in total. The van der Waals surface area contributed by atoms with Crippen LogP contribution in [0.2, 0.25) is 5.02 Å². The zero-order chi connectivity index (χ0) is 13.3. The first kappa shape index (κ1) is 12.7. The molecular weight excluding hydrogens is 246 g/mol. The Kier molecular flexibility index (Phi) is 3.39. The molecule has 0 saturated heterocycles. The maximum atomic E-state index is 12.3. The average molecular weight is 260 g/mol. The van der Waals surface area contributed by atoms with Crippen LogP contribution in [0.3, 0.4) is 0 Å². The molecule has 0 aromatic heterocycles. The predicted molar refractivity (Wildman–Crippen MR) is 75.2 cm³/mol. The number of ketones is 1. The molecule has 0 atom stereocenters. The highest BCUT2D eigenvalue weighted by molar-refractivity contribution is 6.33. The van der Waals surface area contributed by atoms with E-state index in [0.717, 1.165) is 11.1 Å². The van der Waals surface area contributed by atoms with Crippen LogP contribution < -0.4 is 5.73 Å². The lowest BCUT2D eigenvalue weighted by Crippen LogP contribution is -2.04. The summed E-state index contributed by atoms with van der Waals surface area (Å²) in [6.07, 6.45) is 0. The third-order valence-electron chi connectivity index (χ3n) is 2.89. The van der Waals surface area contributed by atoms with Crippen molar-refractivity contribution in [3.05, 3.63) is 63.7 Å². The van der Waals surface area contributed by atoms with Crippen LogP contribution in [0, 0.1) is 13.8 Å². The minimum Gasteiger partial charge on any atom is -0.398 e. The highest BCUT2D eigenvalue weighted by Gasteiger charge is 2.12. The van der Waals surface area contributed by atoms with Gasteiger partial charge in [-0.3, -0.25) is 4.79 Å². The number of nitrogens with two attached hydrogens (primary N) is 1. The quantitative estimate of drug-likeness (QED) is 0.659. The first-order chi connectivity index (χ1) is 8.49. The lowest BCUT2D eigenvalue weighted by molar-refractivity contribution is 0.103. The molecule has 0 saturated carbocycles. The standard InChI is InChI=1S/C15H14ClNO/c1-9-3-5-12(10(2)7-9)15(18)11-4-6-14(17)13(16)8-11/h3-8H,17H2,1-2H3. The monoisotopic (exact) mass is 259 g/mol. The van der Waals surface area contributed by atoms with Crippen LogP contribution in [0.5, 0.6) is 0 Å². The second-order valence-electron chi connectivity index (χ2n) is 4.38. The van der Waals surface area contributed by atoms with E-state index >= 15 is 0 Å². The Morgan fingerprint density at radius 1 is 1.11 bits per heavy atom. The van der Waals surface area contributed by atoms with Gasteiger partial charge in [-0.05, 0) is 37.6 Å². The summed E-state index contributed by atoms with van der Waals surface area (Å²) in [4.78, 5) is 12.3. The van der Waals surface area contributed by atoms with Crippen molar-refractivity contribution in [2.75, 3.05) is 5.73 Å². The number of aryl methyl sites for hydroxylation is 2. The van der Waals surface area contributed by atoms with Gasteiger partial charge in [0, 0.05) is 11.1 Å². The van der Waals surface area contributed by atoms with Gasteiger partial charge in [0.1, 0.15) is 0 Å². The van der Waals surface area contributed by atoms with E-state index in [-0.39, 0.29) is 5.78 Å². The van der Waals surface area contributed by atoms with E-state index < -0.39 is 0 Å². The zero-order valence-corrected chi connectivity index (χ0v) is 11.1. The van der Waals surface area contributed by atoms with Gasteiger partial charge in [-0.25, -0.2) is 0 Å². The Hall–Kier alpha value is -1.80. The summed E-state index contributed by atoms with van der Waals surface area (Å²) in [5.74, 6) is -0.0330. The normalized spacial score (nSPS) is 10.4. The third-order valence-corrected chi connectivity index (χ3v) is 3.22. The van der Waals surface area contributed by atoms with Crippen molar-refractivity contribution in [1.82, 2.24) is 0 Å². The molecule has 2 aromatic carbocycles. The van der Waals surface area contributed by atoms with Gasteiger partial charge in [-0.2, -0.15) is 0 Å². The van der Waals surface area contributed by atoms with Crippen molar-refractivity contribution >= 4 is 23.1 Å². The van der Waals surface area contributed by atoms with Crippen LogP contribution in [0.4, 0.5) is 5.69 Å². The maximum Gasteiger partial charge on any atom is 0.193 e. The minimum atomic E-state index is -0.0330. The lowest BCUT2D eigenvalue weighted by Gasteiger charge is -2.07. The molecule has 0 unspecified atom stereocenters. The van der Waals surface area contributed by atoms with Crippen molar-refractivity contribution in [2.45, 2.75) is 13.8 Å². The van der Waals surface area contributed by atoms with Crippen LogP contribution in [-0.4, -0.2) is 5.78 Å². The molecule has 18 heavy (non-hydrogen) atoms.